The van der Waals surface area contributed by atoms with Crippen molar-refractivity contribution >= 4 is 5.82 Å². The van der Waals surface area contributed by atoms with Crippen molar-refractivity contribution in [1.82, 2.24) is 9.97 Å². The van der Waals surface area contributed by atoms with Crippen LogP contribution in [0, 0.1) is 5.92 Å². The van der Waals surface area contributed by atoms with Crippen LogP contribution >= 0.6 is 0 Å². The van der Waals surface area contributed by atoms with Gasteiger partial charge < -0.3 is 10.1 Å². The van der Waals surface area contributed by atoms with Gasteiger partial charge in [-0.25, -0.2) is 9.97 Å². The van der Waals surface area contributed by atoms with E-state index in [1.807, 2.05) is 6.07 Å². The van der Waals surface area contributed by atoms with Gasteiger partial charge in [-0.1, -0.05) is 13.8 Å². The first-order chi connectivity index (χ1) is 8.16. The van der Waals surface area contributed by atoms with Crippen LogP contribution in [0.3, 0.4) is 0 Å². The molecule has 17 heavy (non-hydrogen) atoms. The molecule has 4 heteroatoms. The predicted octanol–water partition coefficient (Wildman–Crippen LogP) is 2.44. The number of aromatic nitrogens is 2. The van der Waals surface area contributed by atoms with Gasteiger partial charge in [0.15, 0.2) is 0 Å². The molecular weight excluding hydrogens is 214 g/mol. The summed E-state index contributed by atoms with van der Waals surface area (Å²) in [5.41, 5.74) is 1.08. The van der Waals surface area contributed by atoms with Gasteiger partial charge in [0.1, 0.15) is 12.1 Å². The second-order valence-corrected chi connectivity index (χ2v) is 4.99. The van der Waals surface area contributed by atoms with Crippen molar-refractivity contribution < 1.29 is 4.74 Å². The van der Waals surface area contributed by atoms with Crippen molar-refractivity contribution in [1.29, 1.82) is 0 Å². The number of anilines is 1. The summed E-state index contributed by atoms with van der Waals surface area (Å²) in [5.74, 6) is 1.95. The summed E-state index contributed by atoms with van der Waals surface area (Å²) in [4.78, 5) is 8.50. The average Bonchev–Trinajstić information content (AvgIpc) is 2.72. The maximum atomic E-state index is 5.54. The molecule has 0 aromatic carbocycles. The molecule has 1 aliphatic rings. The Morgan fingerprint density at radius 2 is 2.29 bits per heavy atom. The second-order valence-electron chi connectivity index (χ2n) is 4.99. The van der Waals surface area contributed by atoms with Crippen LogP contribution in [0.5, 0.6) is 0 Å². The quantitative estimate of drug-likeness (QED) is 0.870. The van der Waals surface area contributed by atoms with Gasteiger partial charge in [0.25, 0.3) is 0 Å². The molecule has 0 spiro atoms. The molecule has 2 rings (SSSR count). The molecule has 1 aliphatic heterocycles. The van der Waals surface area contributed by atoms with E-state index in [-0.39, 0.29) is 0 Å². The van der Waals surface area contributed by atoms with E-state index in [9.17, 15) is 0 Å². The summed E-state index contributed by atoms with van der Waals surface area (Å²) in [5, 5.41) is 3.38. The van der Waals surface area contributed by atoms with Crippen molar-refractivity contribution in [3.63, 3.8) is 0 Å². The maximum Gasteiger partial charge on any atom is 0.129 e. The summed E-state index contributed by atoms with van der Waals surface area (Å²) in [6.45, 7) is 8.22. The van der Waals surface area contributed by atoms with Crippen LogP contribution in [0.2, 0.25) is 0 Å². The first-order valence-corrected chi connectivity index (χ1v) is 6.34. The van der Waals surface area contributed by atoms with E-state index in [4.69, 9.17) is 4.74 Å². The lowest BCUT2D eigenvalue weighted by Gasteiger charge is -2.15. The van der Waals surface area contributed by atoms with E-state index >= 15 is 0 Å². The number of hydrogen-bond donors (Lipinski definition) is 1. The van der Waals surface area contributed by atoms with Crippen LogP contribution in [-0.2, 0) is 4.74 Å². The Labute approximate surface area is 103 Å². The van der Waals surface area contributed by atoms with E-state index in [1.165, 1.54) is 0 Å². The molecule has 1 aromatic rings. The van der Waals surface area contributed by atoms with Gasteiger partial charge in [0.2, 0.25) is 0 Å². The highest BCUT2D eigenvalue weighted by Crippen LogP contribution is 2.21. The number of nitrogens with one attached hydrogen (secondary N) is 1. The third-order valence-electron chi connectivity index (χ3n) is 3.36. The summed E-state index contributed by atoms with van der Waals surface area (Å²) in [7, 11) is 0. The normalized spacial score (nSPS) is 24.2. The standard InChI is InChI=1S/C13H21N3O/c1-9(2)12-6-13(16-8-15-12)14-7-11-4-5-17-10(11)3/h6,8-11H,4-5,7H2,1-3H3,(H,14,15,16). The van der Waals surface area contributed by atoms with Crippen molar-refractivity contribution in [2.75, 3.05) is 18.5 Å². The fourth-order valence-corrected chi connectivity index (χ4v) is 2.06. The lowest BCUT2D eigenvalue weighted by atomic mass is 10.0. The fraction of sp³-hybridized carbons (Fsp3) is 0.692. The molecule has 0 amide bonds. The molecule has 4 nitrogen and oxygen atoms in total. The monoisotopic (exact) mass is 235 g/mol. The first kappa shape index (κ1) is 12.3. The van der Waals surface area contributed by atoms with Crippen molar-refractivity contribution in [2.24, 2.45) is 5.92 Å². The summed E-state index contributed by atoms with van der Waals surface area (Å²) >= 11 is 0. The van der Waals surface area contributed by atoms with Crippen molar-refractivity contribution in [3.8, 4) is 0 Å². The Morgan fingerprint density at radius 1 is 1.47 bits per heavy atom. The van der Waals surface area contributed by atoms with E-state index in [0.29, 0.717) is 17.9 Å². The molecule has 2 heterocycles. The molecule has 1 N–H and O–H groups in total. The minimum absolute atomic E-state index is 0.355. The van der Waals surface area contributed by atoms with Crippen LogP contribution in [0.1, 0.15) is 38.8 Å². The van der Waals surface area contributed by atoms with Gasteiger partial charge in [-0.05, 0) is 19.3 Å². The first-order valence-electron chi connectivity index (χ1n) is 6.34. The molecule has 0 saturated carbocycles. The molecule has 94 valence electrons. The Hall–Kier alpha value is -1.16. The number of ether oxygens (including phenoxy) is 1. The van der Waals surface area contributed by atoms with Crippen LogP contribution in [0.25, 0.3) is 0 Å². The molecule has 2 atom stereocenters. The van der Waals surface area contributed by atoms with Crippen LogP contribution in [-0.4, -0.2) is 29.2 Å². The molecule has 1 saturated heterocycles. The average molecular weight is 235 g/mol. The SMILES string of the molecule is CC(C)c1cc(NCC2CCOC2C)ncn1. The Bertz CT molecular complexity index is 367. The van der Waals surface area contributed by atoms with Gasteiger partial charge in [-0.3, -0.25) is 0 Å². The number of rotatable bonds is 4. The van der Waals surface area contributed by atoms with Gasteiger partial charge in [0, 0.05) is 30.8 Å². The van der Waals surface area contributed by atoms with Gasteiger partial charge in [-0.15, -0.1) is 0 Å². The van der Waals surface area contributed by atoms with Gasteiger partial charge in [0.05, 0.1) is 6.10 Å². The minimum Gasteiger partial charge on any atom is -0.378 e. The van der Waals surface area contributed by atoms with Crippen LogP contribution < -0.4 is 5.32 Å². The van der Waals surface area contributed by atoms with E-state index < -0.39 is 0 Å². The molecule has 2 unspecified atom stereocenters. The molecule has 1 fully saturated rings. The summed E-state index contributed by atoms with van der Waals surface area (Å²) in [6, 6.07) is 2.03. The largest absolute Gasteiger partial charge is 0.378 e. The van der Waals surface area contributed by atoms with Crippen LogP contribution in [0.15, 0.2) is 12.4 Å². The molecular formula is C13H21N3O. The second kappa shape index (κ2) is 5.45. The van der Waals surface area contributed by atoms with E-state index in [0.717, 1.165) is 31.1 Å². The highest BCUT2D eigenvalue weighted by molar-refractivity contribution is 5.35. The minimum atomic E-state index is 0.355. The Morgan fingerprint density at radius 3 is 2.94 bits per heavy atom. The molecule has 0 aliphatic carbocycles. The zero-order valence-corrected chi connectivity index (χ0v) is 10.8. The fourth-order valence-electron chi connectivity index (χ4n) is 2.06. The molecule has 0 radical (unpaired) electrons. The Kier molecular flexibility index (Phi) is 3.94. The van der Waals surface area contributed by atoms with Gasteiger partial charge in [-0.2, -0.15) is 0 Å². The lowest BCUT2D eigenvalue weighted by molar-refractivity contribution is 0.108. The highest BCUT2D eigenvalue weighted by atomic mass is 16.5. The van der Waals surface area contributed by atoms with E-state index in [1.54, 1.807) is 6.33 Å². The number of hydrogen-bond acceptors (Lipinski definition) is 4. The highest BCUT2D eigenvalue weighted by Gasteiger charge is 2.23. The third kappa shape index (κ3) is 3.16. The van der Waals surface area contributed by atoms with Crippen molar-refractivity contribution in [2.45, 2.75) is 39.2 Å². The number of nitrogens with zero attached hydrogens (tertiary/aromatic N) is 2. The van der Waals surface area contributed by atoms with Crippen LogP contribution in [0.4, 0.5) is 5.82 Å². The Balaban J connectivity index is 1.92. The van der Waals surface area contributed by atoms with Gasteiger partial charge >= 0.3 is 0 Å². The predicted molar refractivity (Wildman–Crippen MR) is 68.1 cm³/mol. The zero-order valence-electron chi connectivity index (χ0n) is 10.8. The molecule has 0 bridgehead atoms. The van der Waals surface area contributed by atoms with E-state index in [2.05, 4.69) is 36.1 Å². The zero-order chi connectivity index (χ0) is 12.3. The molecule has 1 aromatic heterocycles. The maximum absolute atomic E-state index is 5.54. The lowest BCUT2D eigenvalue weighted by Crippen LogP contribution is -2.21. The summed E-state index contributed by atoms with van der Waals surface area (Å²) < 4.78 is 5.54. The van der Waals surface area contributed by atoms with Crippen molar-refractivity contribution in [3.05, 3.63) is 18.1 Å². The summed E-state index contributed by atoms with van der Waals surface area (Å²) in [6.07, 6.45) is 3.12. The third-order valence-corrected chi connectivity index (χ3v) is 3.36. The smallest absolute Gasteiger partial charge is 0.129 e. The topological polar surface area (TPSA) is 47.0 Å².